The monoisotopic (exact) mass is 582 g/mol. The second-order valence-electron chi connectivity index (χ2n) is 14.2. The second kappa shape index (κ2) is 11.8. The van der Waals surface area contributed by atoms with Gasteiger partial charge >= 0.3 is 0 Å². The maximum absolute atomic E-state index is 14.7. The minimum atomic E-state index is -2.84. The van der Waals surface area contributed by atoms with Gasteiger partial charge in [0.15, 0.2) is 16.6 Å². The summed E-state index contributed by atoms with van der Waals surface area (Å²) in [6.45, 7) is 27.5. The molecule has 2 aromatic rings. The van der Waals surface area contributed by atoms with Gasteiger partial charge in [-0.15, -0.1) is 0 Å². The van der Waals surface area contributed by atoms with E-state index in [2.05, 4.69) is 80.4 Å². The molecule has 0 heterocycles. The fraction of sp³-hybridized carbons (Fsp3) is 0.515. The molecule has 1 saturated carbocycles. The highest BCUT2D eigenvalue weighted by Gasteiger charge is 2.45. The highest BCUT2D eigenvalue weighted by molar-refractivity contribution is 7.78. The zero-order chi connectivity index (χ0) is 29.3. The molecule has 2 aromatic carbocycles. The molecule has 1 fully saturated rings. The average molecular weight is 583 g/mol. The van der Waals surface area contributed by atoms with Crippen LogP contribution in [0.3, 0.4) is 0 Å². The molecular weight excluding hydrogens is 532 g/mol. The van der Waals surface area contributed by atoms with Crippen LogP contribution in [-0.4, -0.2) is 35.0 Å². The van der Waals surface area contributed by atoms with Crippen molar-refractivity contribution in [1.29, 1.82) is 0 Å². The Balaban J connectivity index is 2.00. The summed E-state index contributed by atoms with van der Waals surface area (Å²) in [4.78, 5) is 0. The smallest absolute Gasteiger partial charge is 0.192 e. The molecule has 0 amide bonds. The number of allylic oxidation sites excluding steroid dienone is 1. The summed E-state index contributed by atoms with van der Waals surface area (Å²) >= 11 is 0. The predicted molar refractivity (Wildman–Crippen MR) is 175 cm³/mol. The van der Waals surface area contributed by atoms with Crippen LogP contribution in [0.15, 0.2) is 84.5 Å². The summed E-state index contributed by atoms with van der Waals surface area (Å²) < 4.78 is 28.7. The predicted octanol–water partition coefficient (Wildman–Crippen LogP) is 9.06. The number of hydrogen-bond donors (Lipinski definition) is 0. The first-order chi connectivity index (χ1) is 17.9. The summed E-state index contributed by atoms with van der Waals surface area (Å²) in [5.74, 6) is 0. The van der Waals surface area contributed by atoms with Gasteiger partial charge in [0.25, 0.3) is 0 Å². The molecule has 1 aliphatic rings. The molecule has 0 saturated heterocycles. The molecular formula is C33H51O3PSi2. The molecule has 0 aromatic heterocycles. The van der Waals surface area contributed by atoms with Crippen LogP contribution in [0, 0.1) is 0 Å². The van der Waals surface area contributed by atoms with Crippen LogP contribution in [-0.2, 0) is 13.4 Å². The van der Waals surface area contributed by atoms with Gasteiger partial charge < -0.3 is 13.4 Å². The Morgan fingerprint density at radius 3 is 1.46 bits per heavy atom. The third-order valence-electron chi connectivity index (χ3n) is 9.19. The first kappa shape index (κ1) is 32.0. The van der Waals surface area contributed by atoms with E-state index in [1.807, 2.05) is 60.7 Å². The summed E-state index contributed by atoms with van der Waals surface area (Å²) in [5.41, 5.74) is 2.33. The van der Waals surface area contributed by atoms with E-state index < -0.39 is 23.8 Å². The fourth-order valence-corrected chi connectivity index (χ4v) is 9.59. The summed E-state index contributed by atoms with van der Waals surface area (Å²) in [5, 5.41) is 1.99. The first-order valence-corrected chi connectivity index (χ1v) is 22.0. The topological polar surface area (TPSA) is 35.5 Å². The third kappa shape index (κ3) is 7.43. The molecule has 0 radical (unpaired) electrons. The normalized spacial score (nSPS) is 20.9. The lowest BCUT2D eigenvalue weighted by Crippen LogP contribution is -2.49. The zero-order valence-electron chi connectivity index (χ0n) is 26.0. The van der Waals surface area contributed by atoms with Crippen molar-refractivity contribution in [2.45, 2.75) is 103 Å². The fourth-order valence-electron chi connectivity index (χ4n) is 4.45. The first-order valence-electron chi connectivity index (χ1n) is 14.3. The Morgan fingerprint density at radius 2 is 1.13 bits per heavy atom. The van der Waals surface area contributed by atoms with E-state index in [0.29, 0.717) is 6.16 Å². The van der Waals surface area contributed by atoms with Crippen LogP contribution < -0.4 is 10.6 Å². The van der Waals surface area contributed by atoms with Gasteiger partial charge in [-0.2, -0.15) is 0 Å². The molecule has 0 spiro atoms. The Hall–Kier alpha value is -1.50. The summed E-state index contributed by atoms with van der Waals surface area (Å²) in [6.07, 6.45) is 4.11. The SMILES string of the molecule is C=C1[C@@H](O[Si](C)(C)C(C)(C)C)C/C(=C/CP(=O)(c2ccccc2)c2ccccc2)C[C@H]1O[Si](C)(C)C(C)(C)C. The second-order valence-corrected chi connectivity index (χ2v) is 26.6. The van der Waals surface area contributed by atoms with Crippen molar-refractivity contribution in [2.75, 3.05) is 6.16 Å². The molecule has 3 rings (SSSR count). The maximum Gasteiger partial charge on any atom is 0.192 e. The standard InChI is InChI=1S/C33H51O3PSi2/c1-26-30(35-38(8,9)32(2,3)4)24-27(25-31(26)36-39(10,11)33(5,6)7)22-23-37(34,28-18-14-12-15-19-28)29-20-16-13-17-21-29/h12-22,30-31H,1,23-25H2,2-11H3/b27-22-/t30-,31+/m0/s1. The van der Waals surface area contributed by atoms with E-state index in [4.69, 9.17) is 8.85 Å². The highest BCUT2D eigenvalue weighted by Crippen LogP contribution is 2.47. The van der Waals surface area contributed by atoms with E-state index in [-0.39, 0.29) is 22.3 Å². The number of rotatable bonds is 8. The van der Waals surface area contributed by atoms with Crippen molar-refractivity contribution in [1.82, 2.24) is 0 Å². The number of benzene rings is 2. The van der Waals surface area contributed by atoms with Crippen LogP contribution in [0.2, 0.25) is 36.3 Å². The van der Waals surface area contributed by atoms with Crippen molar-refractivity contribution >= 4 is 34.4 Å². The minimum Gasteiger partial charge on any atom is -0.410 e. The molecule has 3 nitrogen and oxygen atoms in total. The molecule has 39 heavy (non-hydrogen) atoms. The minimum absolute atomic E-state index is 0.0894. The summed E-state index contributed by atoms with van der Waals surface area (Å²) in [6, 6.07) is 19.9. The lowest BCUT2D eigenvalue weighted by molar-refractivity contribution is 0.132. The van der Waals surface area contributed by atoms with Gasteiger partial charge in [-0.3, -0.25) is 0 Å². The van der Waals surface area contributed by atoms with E-state index >= 15 is 0 Å². The van der Waals surface area contributed by atoms with E-state index in [0.717, 1.165) is 29.0 Å². The highest BCUT2D eigenvalue weighted by atomic mass is 31.2. The Labute approximate surface area is 240 Å². The zero-order valence-corrected chi connectivity index (χ0v) is 28.9. The molecule has 6 heteroatoms. The van der Waals surface area contributed by atoms with Gasteiger partial charge in [-0.1, -0.05) is 120 Å². The van der Waals surface area contributed by atoms with E-state index in [1.54, 1.807) is 0 Å². The van der Waals surface area contributed by atoms with E-state index in [9.17, 15) is 4.57 Å². The van der Waals surface area contributed by atoms with Gasteiger partial charge in [-0.05, 0) is 54.7 Å². The molecule has 0 N–H and O–H groups in total. The molecule has 0 bridgehead atoms. The molecule has 2 atom stereocenters. The maximum atomic E-state index is 14.7. The van der Waals surface area contributed by atoms with Crippen molar-refractivity contribution in [3.05, 3.63) is 84.5 Å². The number of hydrogen-bond acceptors (Lipinski definition) is 3. The third-order valence-corrected chi connectivity index (χ3v) is 21.1. The van der Waals surface area contributed by atoms with Crippen LogP contribution in [0.5, 0.6) is 0 Å². The molecule has 1 aliphatic carbocycles. The van der Waals surface area contributed by atoms with Crippen LogP contribution in [0.1, 0.15) is 54.4 Å². The van der Waals surface area contributed by atoms with Crippen molar-refractivity contribution < 1.29 is 13.4 Å². The Morgan fingerprint density at radius 1 is 0.769 bits per heavy atom. The quantitative estimate of drug-likeness (QED) is 0.177. The van der Waals surface area contributed by atoms with Crippen LogP contribution in [0.4, 0.5) is 0 Å². The molecule has 0 aliphatic heterocycles. The van der Waals surface area contributed by atoms with Crippen molar-refractivity contribution in [2.24, 2.45) is 0 Å². The Bertz CT molecular complexity index is 1120. The van der Waals surface area contributed by atoms with Crippen LogP contribution >= 0.6 is 7.14 Å². The van der Waals surface area contributed by atoms with Gasteiger partial charge in [0.05, 0.1) is 12.2 Å². The largest absolute Gasteiger partial charge is 0.410 e. The van der Waals surface area contributed by atoms with Gasteiger partial charge in [0.2, 0.25) is 0 Å². The van der Waals surface area contributed by atoms with Crippen molar-refractivity contribution in [3.63, 3.8) is 0 Å². The van der Waals surface area contributed by atoms with Gasteiger partial charge in [0.1, 0.15) is 7.14 Å². The van der Waals surface area contributed by atoms with E-state index in [1.165, 1.54) is 5.57 Å². The average Bonchev–Trinajstić information content (AvgIpc) is 2.84. The Kier molecular flexibility index (Phi) is 9.67. The van der Waals surface area contributed by atoms with Crippen LogP contribution in [0.25, 0.3) is 0 Å². The molecule has 0 unspecified atom stereocenters. The van der Waals surface area contributed by atoms with Gasteiger partial charge in [0, 0.05) is 16.8 Å². The summed E-state index contributed by atoms with van der Waals surface area (Å²) in [7, 11) is -6.92. The van der Waals surface area contributed by atoms with Crippen molar-refractivity contribution in [3.8, 4) is 0 Å². The van der Waals surface area contributed by atoms with Gasteiger partial charge in [-0.25, -0.2) is 0 Å². The molecule has 214 valence electrons. The lowest BCUT2D eigenvalue weighted by Gasteiger charge is -2.46. The lowest BCUT2D eigenvalue weighted by atomic mass is 9.86.